The van der Waals surface area contributed by atoms with Gasteiger partial charge in [0, 0.05) is 76.2 Å². The van der Waals surface area contributed by atoms with E-state index in [-0.39, 0.29) is 25.1 Å². The number of hydrogen-bond acceptors (Lipinski definition) is 7. The number of piperazine rings is 1. The van der Waals surface area contributed by atoms with Crippen LogP contribution < -0.4 is 10.2 Å². The highest BCUT2D eigenvalue weighted by atomic mass is 19.4. The second kappa shape index (κ2) is 11.8. The Bertz CT molecular complexity index is 1090. The third kappa shape index (κ3) is 7.09. The molecule has 0 saturated carbocycles. The number of nitro benzene ring substituents is 1. The first-order valence-corrected chi connectivity index (χ1v) is 11.9. The zero-order valence-corrected chi connectivity index (χ0v) is 20.0. The molecule has 1 atom stereocenters. The third-order valence-corrected chi connectivity index (χ3v) is 6.64. The second-order valence-corrected chi connectivity index (χ2v) is 9.23. The first kappa shape index (κ1) is 28.2. The normalized spacial score (nSPS) is 18.4. The Balaban J connectivity index is 0.00000380. The average Bonchev–Trinajstić information content (AvgIpc) is 3.31. The van der Waals surface area contributed by atoms with Crippen molar-refractivity contribution in [1.82, 2.24) is 14.8 Å². The number of nitro groups is 1. The number of aryl methyl sites for hydroxylation is 1. The molecule has 0 radical (unpaired) electrons. The number of rotatable bonds is 7. The largest absolute Gasteiger partial charge is 0.423 e. The molecule has 1 aromatic carbocycles. The standard InChI is InChI=1S/C24H29F3N6O3.CH4/c1-17-2-5-22(28-15-17)31-12-10-30(11-13-31)8-7-23(34)32-9-6-19(16-32)29-18-3-4-21(33(35)36)20(14-18)24(25,26)27;/h2-5,14-15,19,29H,6-13,16H2,1H3;1H4/t19-;/m0./s1. The molecule has 2 aliphatic heterocycles. The lowest BCUT2D eigenvalue weighted by atomic mass is 10.1. The van der Waals surface area contributed by atoms with Gasteiger partial charge in [-0.2, -0.15) is 13.2 Å². The summed E-state index contributed by atoms with van der Waals surface area (Å²) in [5, 5.41) is 13.9. The second-order valence-electron chi connectivity index (χ2n) is 9.23. The summed E-state index contributed by atoms with van der Waals surface area (Å²) in [6.07, 6.45) is -2.01. The third-order valence-electron chi connectivity index (χ3n) is 6.64. The van der Waals surface area contributed by atoms with Crippen LogP contribution in [-0.4, -0.2) is 77.5 Å². The number of nitrogens with one attached hydrogen (secondary N) is 1. The minimum Gasteiger partial charge on any atom is -0.380 e. The van der Waals surface area contributed by atoms with Gasteiger partial charge >= 0.3 is 6.18 Å². The molecule has 0 aliphatic carbocycles. The molecule has 4 rings (SSSR count). The van der Waals surface area contributed by atoms with Crippen LogP contribution >= 0.6 is 0 Å². The molecule has 9 nitrogen and oxygen atoms in total. The smallest absolute Gasteiger partial charge is 0.380 e. The Morgan fingerprint density at radius 3 is 2.51 bits per heavy atom. The number of nitrogens with zero attached hydrogens (tertiary/aromatic N) is 5. The summed E-state index contributed by atoms with van der Waals surface area (Å²) < 4.78 is 39.7. The van der Waals surface area contributed by atoms with E-state index in [0.29, 0.717) is 32.5 Å². The molecule has 0 bridgehead atoms. The van der Waals surface area contributed by atoms with Crippen molar-refractivity contribution in [3.8, 4) is 0 Å². The average molecular weight is 523 g/mol. The fourth-order valence-corrected chi connectivity index (χ4v) is 4.61. The quantitative estimate of drug-likeness (QED) is 0.431. The number of pyridine rings is 1. The lowest BCUT2D eigenvalue weighted by Crippen LogP contribution is -2.47. The summed E-state index contributed by atoms with van der Waals surface area (Å²) in [6, 6.07) is 6.73. The molecule has 1 aromatic heterocycles. The van der Waals surface area contributed by atoms with E-state index >= 15 is 0 Å². The van der Waals surface area contributed by atoms with Gasteiger partial charge in [-0.1, -0.05) is 13.5 Å². The molecule has 12 heteroatoms. The molecule has 202 valence electrons. The van der Waals surface area contributed by atoms with E-state index in [0.717, 1.165) is 49.7 Å². The van der Waals surface area contributed by atoms with E-state index in [1.807, 2.05) is 25.3 Å². The lowest BCUT2D eigenvalue weighted by molar-refractivity contribution is -0.388. The van der Waals surface area contributed by atoms with Crippen molar-refractivity contribution < 1.29 is 22.9 Å². The van der Waals surface area contributed by atoms with Gasteiger partial charge in [0.25, 0.3) is 5.69 Å². The fraction of sp³-hybridized carbons (Fsp3) is 0.520. The van der Waals surface area contributed by atoms with Gasteiger partial charge in [0.2, 0.25) is 5.91 Å². The van der Waals surface area contributed by atoms with Gasteiger partial charge in [-0.05, 0) is 37.1 Å². The summed E-state index contributed by atoms with van der Waals surface area (Å²) in [5.74, 6) is 0.976. The number of halogens is 3. The summed E-state index contributed by atoms with van der Waals surface area (Å²) in [5.41, 5.74) is -1.00. The fourth-order valence-electron chi connectivity index (χ4n) is 4.61. The predicted molar refractivity (Wildman–Crippen MR) is 136 cm³/mol. The van der Waals surface area contributed by atoms with Crippen LogP contribution in [0.1, 0.15) is 31.4 Å². The predicted octanol–water partition coefficient (Wildman–Crippen LogP) is 4.18. The Morgan fingerprint density at radius 2 is 1.89 bits per heavy atom. The van der Waals surface area contributed by atoms with Crippen LogP contribution in [0.15, 0.2) is 36.5 Å². The van der Waals surface area contributed by atoms with Gasteiger partial charge in [-0.25, -0.2) is 4.98 Å². The van der Waals surface area contributed by atoms with Crippen LogP contribution in [0.25, 0.3) is 0 Å². The summed E-state index contributed by atoms with van der Waals surface area (Å²) in [6.45, 7) is 6.92. The van der Waals surface area contributed by atoms with Crippen molar-refractivity contribution >= 4 is 23.1 Å². The molecule has 0 unspecified atom stereocenters. The van der Waals surface area contributed by atoms with Crippen molar-refractivity contribution in [2.45, 2.75) is 39.4 Å². The summed E-state index contributed by atoms with van der Waals surface area (Å²) in [4.78, 5) is 33.3. The molecule has 37 heavy (non-hydrogen) atoms. The molecule has 2 aliphatic rings. The Hall–Kier alpha value is -3.41. The van der Waals surface area contributed by atoms with Crippen molar-refractivity contribution in [2.75, 3.05) is 56.0 Å². The molecular weight excluding hydrogens is 489 g/mol. The number of likely N-dealkylation sites (tertiary alicyclic amines) is 1. The minimum atomic E-state index is -4.83. The van der Waals surface area contributed by atoms with Crippen LogP contribution in [0.2, 0.25) is 0 Å². The van der Waals surface area contributed by atoms with Gasteiger partial charge < -0.3 is 15.1 Å². The zero-order valence-electron chi connectivity index (χ0n) is 20.0. The molecule has 1 amide bonds. The highest BCUT2D eigenvalue weighted by Gasteiger charge is 2.38. The Kier molecular flexibility index (Phi) is 8.95. The van der Waals surface area contributed by atoms with E-state index < -0.39 is 22.4 Å². The van der Waals surface area contributed by atoms with Crippen molar-refractivity contribution in [2.24, 2.45) is 0 Å². The SMILES string of the molecule is C.Cc1ccc(N2CCN(CCC(=O)N3CC[C@H](Nc4ccc([N+](=O)[O-])c(C(F)(F)F)c4)C3)CC2)nc1. The van der Waals surface area contributed by atoms with E-state index in [2.05, 4.69) is 20.1 Å². The molecule has 2 fully saturated rings. The lowest BCUT2D eigenvalue weighted by Gasteiger charge is -2.35. The van der Waals surface area contributed by atoms with Crippen molar-refractivity contribution in [3.63, 3.8) is 0 Å². The number of anilines is 2. The maximum atomic E-state index is 13.2. The topological polar surface area (TPSA) is 94.8 Å². The number of amides is 1. The van der Waals surface area contributed by atoms with Crippen LogP contribution in [0.3, 0.4) is 0 Å². The van der Waals surface area contributed by atoms with Gasteiger partial charge in [-0.15, -0.1) is 0 Å². The van der Waals surface area contributed by atoms with E-state index in [4.69, 9.17) is 0 Å². The molecule has 1 N–H and O–H groups in total. The monoisotopic (exact) mass is 522 g/mol. The number of hydrogen-bond donors (Lipinski definition) is 1. The van der Waals surface area contributed by atoms with Crippen LogP contribution in [-0.2, 0) is 11.0 Å². The molecule has 2 saturated heterocycles. The van der Waals surface area contributed by atoms with Gasteiger partial charge in [-0.3, -0.25) is 19.8 Å². The number of carbonyl (C=O) groups is 1. The molecule has 2 aromatic rings. The number of alkyl halides is 3. The van der Waals surface area contributed by atoms with Crippen LogP contribution in [0.5, 0.6) is 0 Å². The van der Waals surface area contributed by atoms with Gasteiger partial charge in [0.05, 0.1) is 4.92 Å². The van der Waals surface area contributed by atoms with E-state index in [1.165, 1.54) is 6.07 Å². The first-order chi connectivity index (χ1) is 17.1. The first-order valence-electron chi connectivity index (χ1n) is 11.9. The highest BCUT2D eigenvalue weighted by Crippen LogP contribution is 2.37. The molecular formula is C25H33F3N6O3. The van der Waals surface area contributed by atoms with Crippen LogP contribution in [0.4, 0.5) is 30.4 Å². The number of carbonyl (C=O) groups excluding carboxylic acids is 1. The van der Waals surface area contributed by atoms with Crippen molar-refractivity contribution in [1.29, 1.82) is 0 Å². The number of aromatic nitrogens is 1. The van der Waals surface area contributed by atoms with Gasteiger partial charge in [0.1, 0.15) is 11.4 Å². The zero-order chi connectivity index (χ0) is 25.9. The van der Waals surface area contributed by atoms with E-state index in [9.17, 15) is 28.1 Å². The maximum absolute atomic E-state index is 13.2. The highest BCUT2D eigenvalue weighted by molar-refractivity contribution is 5.77. The Morgan fingerprint density at radius 1 is 1.16 bits per heavy atom. The van der Waals surface area contributed by atoms with E-state index in [1.54, 1.807) is 4.90 Å². The molecule has 0 spiro atoms. The van der Waals surface area contributed by atoms with Crippen molar-refractivity contribution in [3.05, 3.63) is 57.8 Å². The molecule has 3 heterocycles. The summed E-state index contributed by atoms with van der Waals surface area (Å²) in [7, 11) is 0. The Labute approximate surface area is 214 Å². The van der Waals surface area contributed by atoms with Crippen LogP contribution in [0, 0.1) is 17.0 Å². The minimum absolute atomic E-state index is 0. The maximum Gasteiger partial charge on any atom is 0.423 e. The van der Waals surface area contributed by atoms with Gasteiger partial charge in [0.15, 0.2) is 0 Å². The number of benzene rings is 1. The summed E-state index contributed by atoms with van der Waals surface area (Å²) >= 11 is 0.